The van der Waals surface area contributed by atoms with Crippen LogP contribution in [0.2, 0.25) is 0 Å². The summed E-state index contributed by atoms with van der Waals surface area (Å²) in [5.74, 6) is -3.83. The Morgan fingerprint density at radius 1 is 1.26 bits per heavy atom. The Morgan fingerprint density at radius 3 is 2.71 bits per heavy atom. The van der Waals surface area contributed by atoms with E-state index in [1.165, 1.54) is 16.8 Å². The zero-order valence-corrected chi connectivity index (χ0v) is 19.1. The molecular weight excluding hydrogens is 464 g/mol. The molecule has 9 nitrogen and oxygen atoms in total. The number of benzene rings is 1. The first kappa shape index (κ1) is 23.4. The largest absolute Gasteiger partial charge is 0.503 e. The van der Waals surface area contributed by atoms with Crippen LogP contribution in [0.1, 0.15) is 46.2 Å². The number of halogens is 2. The number of rotatable bonds is 3. The third kappa shape index (κ3) is 3.88. The molecule has 35 heavy (non-hydrogen) atoms. The van der Waals surface area contributed by atoms with Gasteiger partial charge >= 0.3 is 0 Å². The third-order valence-electron chi connectivity index (χ3n) is 7.41. The van der Waals surface area contributed by atoms with Crippen LogP contribution < -0.4 is 10.7 Å². The van der Waals surface area contributed by atoms with Gasteiger partial charge in [-0.15, -0.1) is 0 Å². The van der Waals surface area contributed by atoms with Crippen LogP contribution in [0.5, 0.6) is 5.75 Å². The Morgan fingerprint density at radius 2 is 2.00 bits per heavy atom. The molecule has 0 unspecified atom stereocenters. The number of aromatic hydroxyl groups is 1. The van der Waals surface area contributed by atoms with Crippen molar-refractivity contribution in [2.24, 2.45) is 5.41 Å². The summed E-state index contributed by atoms with van der Waals surface area (Å²) in [6, 6.07) is 2.72. The Hall–Kier alpha value is -3.31. The SMILES string of the molecule is C[C@H]1N2C(=O)c3c(O)c(=O)c(C(=O)NCc4ccc(F)cc4F)cn3C[C@@H]2OCC12CCOCC2. The van der Waals surface area contributed by atoms with Crippen LogP contribution in [-0.4, -0.2) is 58.5 Å². The first-order valence-electron chi connectivity index (χ1n) is 11.4. The molecular formula is C24H25F2N3O6. The van der Waals surface area contributed by atoms with Gasteiger partial charge in [0, 0.05) is 49.0 Å². The fourth-order valence-electron chi connectivity index (χ4n) is 5.20. The van der Waals surface area contributed by atoms with E-state index < -0.39 is 46.4 Å². The lowest BCUT2D eigenvalue weighted by Gasteiger charge is -2.54. The smallest absolute Gasteiger partial charge is 0.276 e. The van der Waals surface area contributed by atoms with Crippen molar-refractivity contribution in [2.45, 2.75) is 45.1 Å². The van der Waals surface area contributed by atoms with E-state index in [-0.39, 0.29) is 35.8 Å². The van der Waals surface area contributed by atoms with Crippen LogP contribution in [0.25, 0.3) is 0 Å². The summed E-state index contributed by atoms with van der Waals surface area (Å²) in [7, 11) is 0. The number of hydrogen-bond acceptors (Lipinski definition) is 6. The number of carbonyl (C=O) groups is 2. The van der Waals surface area contributed by atoms with Gasteiger partial charge in [0.1, 0.15) is 17.2 Å². The number of carbonyl (C=O) groups excluding carboxylic acids is 2. The second-order valence-electron chi connectivity index (χ2n) is 9.27. The summed E-state index contributed by atoms with van der Waals surface area (Å²) in [5.41, 5.74) is -1.85. The first-order chi connectivity index (χ1) is 16.7. The molecule has 186 valence electrons. The standard InChI is InChI=1S/C24H25F2N3O6/c1-13-24(4-6-34-7-5-24)12-35-18-11-28-10-16(20(30)21(31)19(28)23(33)29(13)18)22(32)27-9-14-2-3-15(25)8-17(14)26/h2-3,8,10,13,18,31H,4-7,9,11-12H2,1H3,(H,27,32)/t13-,18+/m1/s1. The third-order valence-corrected chi connectivity index (χ3v) is 7.41. The highest BCUT2D eigenvalue weighted by atomic mass is 19.1. The summed E-state index contributed by atoms with van der Waals surface area (Å²) >= 11 is 0. The minimum atomic E-state index is -1.01. The van der Waals surface area contributed by atoms with Crippen molar-refractivity contribution in [1.29, 1.82) is 0 Å². The van der Waals surface area contributed by atoms with Crippen LogP contribution in [-0.2, 0) is 22.6 Å². The topological polar surface area (TPSA) is 110 Å². The number of ether oxygens (including phenoxy) is 2. The average Bonchev–Trinajstić information content (AvgIpc) is 2.83. The molecule has 1 spiro atoms. The van der Waals surface area contributed by atoms with E-state index >= 15 is 0 Å². The summed E-state index contributed by atoms with van der Waals surface area (Å²) < 4.78 is 39.9. The molecule has 0 radical (unpaired) electrons. The fourth-order valence-corrected chi connectivity index (χ4v) is 5.20. The van der Waals surface area contributed by atoms with Crippen molar-refractivity contribution in [2.75, 3.05) is 19.8 Å². The van der Waals surface area contributed by atoms with Gasteiger partial charge in [-0.2, -0.15) is 0 Å². The van der Waals surface area contributed by atoms with Crippen LogP contribution in [0.15, 0.2) is 29.2 Å². The van der Waals surface area contributed by atoms with Crippen molar-refractivity contribution >= 4 is 11.8 Å². The lowest BCUT2D eigenvalue weighted by molar-refractivity contribution is -0.193. The highest BCUT2D eigenvalue weighted by Gasteiger charge is 2.51. The lowest BCUT2D eigenvalue weighted by Crippen LogP contribution is -2.65. The maximum absolute atomic E-state index is 13.9. The number of amides is 2. The molecule has 0 aliphatic carbocycles. The molecule has 2 fully saturated rings. The van der Waals surface area contributed by atoms with E-state index in [2.05, 4.69) is 5.32 Å². The van der Waals surface area contributed by atoms with Crippen molar-refractivity contribution in [1.82, 2.24) is 14.8 Å². The quantitative estimate of drug-likeness (QED) is 0.680. The second-order valence-corrected chi connectivity index (χ2v) is 9.27. The van der Waals surface area contributed by atoms with E-state index in [4.69, 9.17) is 9.47 Å². The molecule has 11 heteroatoms. The zero-order chi connectivity index (χ0) is 24.9. The van der Waals surface area contributed by atoms with E-state index in [9.17, 15) is 28.3 Å². The lowest BCUT2D eigenvalue weighted by atomic mass is 9.73. The highest BCUT2D eigenvalue weighted by Crippen LogP contribution is 2.43. The second kappa shape index (κ2) is 8.72. The van der Waals surface area contributed by atoms with E-state index in [0.29, 0.717) is 25.9 Å². The number of pyridine rings is 1. The summed E-state index contributed by atoms with van der Waals surface area (Å²) in [5, 5.41) is 13.1. The van der Waals surface area contributed by atoms with Gasteiger partial charge in [0.05, 0.1) is 13.2 Å². The van der Waals surface area contributed by atoms with Gasteiger partial charge in [-0.05, 0) is 25.8 Å². The summed E-state index contributed by atoms with van der Waals surface area (Å²) in [6.07, 6.45) is 2.05. The monoisotopic (exact) mass is 489 g/mol. The van der Waals surface area contributed by atoms with Gasteiger partial charge < -0.3 is 29.4 Å². The summed E-state index contributed by atoms with van der Waals surface area (Å²) in [6.45, 7) is 3.36. The number of hydrogen-bond donors (Lipinski definition) is 2. The maximum Gasteiger partial charge on any atom is 0.276 e. The zero-order valence-electron chi connectivity index (χ0n) is 19.1. The molecule has 3 aliphatic heterocycles. The van der Waals surface area contributed by atoms with Gasteiger partial charge in [-0.25, -0.2) is 8.78 Å². The predicted octanol–water partition coefficient (Wildman–Crippen LogP) is 1.76. The number of nitrogens with zero attached hydrogens (tertiary/aromatic N) is 2. The van der Waals surface area contributed by atoms with Crippen molar-refractivity contribution in [3.8, 4) is 5.75 Å². The van der Waals surface area contributed by atoms with Gasteiger partial charge in [-0.1, -0.05) is 6.07 Å². The molecule has 1 aromatic heterocycles. The van der Waals surface area contributed by atoms with Crippen LogP contribution in [0, 0.1) is 17.0 Å². The van der Waals surface area contributed by atoms with Crippen molar-refractivity contribution < 1.29 is 33.0 Å². The molecule has 2 saturated heterocycles. The average molecular weight is 489 g/mol. The minimum absolute atomic E-state index is 0.0273. The highest BCUT2D eigenvalue weighted by molar-refractivity contribution is 5.99. The van der Waals surface area contributed by atoms with Crippen LogP contribution in [0.4, 0.5) is 8.78 Å². The molecule has 1 aromatic carbocycles. The predicted molar refractivity (Wildman–Crippen MR) is 118 cm³/mol. The molecule has 2 amide bonds. The molecule has 3 aliphatic rings. The maximum atomic E-state index is 13.9. The number of fused-ring (bicyclic) bond motifs is 2. The molecule has 2 aromatic rings. The van der Waals surface area contributed by atoms with Crippen molar-refractivity contribution in [3.63, 3.8) is 0 Å². The van der Waals surface area contributed by atoms with Gasteiger partial charge in [0.15, 0.2) is 17.7 Å². The molecule has 2 atom stereocenters. The van der Waals surface area contributed by atoms with E-state index in [1.807, 2.05) is 6.92 Å². The number of aromatic nitrogens is 1. The Bertz CT molecular complexity index is 1260. The van der Waals surface area contributed by atoms with Crippen molar-refractivity contribution in [3.05, 3.63) is 63.1 Å². The Labute approximate surface area is 199 Å². The molecule has 0 saturated carbocycles. The fraction of sp³-hybridized carbons (Fsp3) is 0.458. The first-order valence-corrected chi connectivity index (χ1v) is 11.4. The molecule has 5 rings (SSSR count). The Kier molecular flexibility index (Phi) is 5.84. The minimum Gasteiger partial charge on any atom is -0.503 e. The normalized spacial score (nSPS) is 23.1. The summed E-state index contributed by atoms with van der Waals surface area (Å²) in [4.78, 5) is 40.5. The van der Waals surface area contributed by atoms with Gasteiger partial charge in [0.2, 0.25) is 5.43 Å². The molecule has 2 N–H and O–H groups in total. The molecule has 4 heterocycles. The van der Waals surface area contributed by atoms with E-state index in [1.54, 1.807) is 4.90 Å². The van der Waals surface area contributed by atoms with Gasteiger partial charge in [0.25, 0.3) is 11.8 Å². The molecule has 0 bridgehead atoms. The van der Waals surface area contributed by atoms with Crippen LogP contribution in [0.3, 0.4) is 0 Å². The van der Waals surface area contributed by atoms with Gasteiger partial charge in [-0.3, -0.25) is 14.4 Å². The van der Waals surface area contributed by atoms with Crippen LogP contribution >= 0.6 is 0 Å². The number of nitrogens with one attached hydrogen (secondary N) is 1. The van der Waals surface area contributed by atoms with E-state index in [0.717, 1.165) is 18.9 Å². The Balaban J connectivity index is 1.42.